The van der Waals surface area contributed by atoms with Crippen molar-refractivity contribution in [2.24, 2.45) is 5.41 Å². The standard InChI is InChI=1S/C35H42FN7O2/c1-23-8-6-9-25-10-7-11-30(31(23)25)41-15-13-28-29(20-41)38-34(45-21-27-18-35(3,4)22-40(27)5)39-32(28)42-16-17-43(33(44)24(2)36)26(19-42)12-14-37/h6-11,26-27H,2,12-13,15-22H2,1,3-5H3/t26-,27-/m0/s1. The van der Waals surface area contributed by atoms with E-state index in [-0.39, 0.29) is 24.4 Å². The minimum atomic E-state index is -1.01. The van der Waals surface area contributed by atoms with Crippen LogP contribution in [0.3, 0.4) is 0 Å². The number of ether oxygens (including phenoxy) is 1. The first-order valence-electron chi connectivity index (χ1n) is 15.8. The third-order valence-corrected chi connectivity index (χ3v) is 9.55. The summed E-state index contributed by atoms with van der Waals surface area (Å²) in [5.41, 5.74) is 4.61. The van der Waals surface area contributed by atoms with E-state index in [0.29, 0.717) is 32.3 Å². The normalized spacial score (nSPS) is 21.5. The lowest BCUT2D eigenvalue weighted by molar-refractivity contribution is -0.131. The zero-order chi connectivity index (χ0) is 31.9. The number of likely N-dealkylation sites (tertiary alicyclic amines) is 1. The lowest BCUT2D eigenvalue weighted by atomic mass is 9.91. The Hall–Kier alpha value is -4.23. The predicted octanol–water partition coefficient (Wildman–Crippen LogP) is 5.02. The second-order valence-electron chi connectivity index (χ2n) is 13.5. The second kappa shape index (κ2) is 12.3. The van der Waals surface area contributed by atoms with E-state index in [1.165, 1.54) is 26.9 Å². The first-order valence-corrected chi connectivity index (χ1v) is 15.8. The second-order valence-corrected chi connectivity index (χ2v) is 13.5. The topological polar surface area (TPSA) is 88.8 Å². The molecule has 2 aromatic carbocycles. The fourth-order valence-electron chi connectivity index (χ4n) is 7.46. The highest BCUT2D eigenvalue weighted by molar-refractivity contribution is 5.97. The Labute approximate surface area is 264 Å². The van der Waals surface area contributed by atoms with Crippen LogP contribution in [0.1, 0.15) is 43.5 Å². The number of aromatic nitrogens is 2. The number of amides is 1. The van der Waals surface area contributed by atoms with Crippen LogP contribution in [-0.4, -0.2) is 84.1 Å². The number of likely N-dealkylation sites (N-methyl/N-ethyl adjacent to an activating group) is 1. The van der Waals surface area contributed by atoms with Crippen LogP contribution in [0.25, 0.3) is 10.8 Å². The number of hydrogen-bond donors (Lipinski definition) is 0. The summed E-state index contributed by atoms with van der Waals surface area (Å²) in [5.74, 6) is -0.989. The van der Waals surface area contributed by atoms with E-state index in [1.54, 1.807) is 0 Å². The SMILES string of the molecule is C=C(F)C(=O)N1CCN(c2nc(OC[C@@H]3CC(C)(C)CN3C)nc3c2CCN(c2cccc4cccc(C)c24)C3)C[C@@H]1CC#N. The first kappa shape index (κ1) is 30.8. The van der Waals surface area contributed by atoms with Crippen molar-refractivity contribution in [1.82, 2.24) is 19.8 Å². The summed E-state index contributed by atoms with van der Waals surface area (Å²) < 4.78 is 20.2. The molecule has 6 rings (SSSR count). The number of halogens is 1. The van der Waals surface area contributed by atoms with Gasteiger partial charge in [-0.2, -0.15) is 15.2 Å². The van der Waals surface area contributed by atoms with Crippen molar-refractivity contribution in [2.45, 2.75) is 58.7 Å². The van der Waals surface area contributed by atoms with Crippen molar-refractivity contribution in [2.75, 3.05) is 56.2 Å². The number of benzene rings is 2. The van der Waals surface area contributed by atoms with Crippen LogP contribution in [0.5, 0.6) is 6.01 Å². The first-order chi connectivity index (χ1) is 21.5. The highest BCUT2D eigenvalue weighted by Crippen LogP contribution is 2.37. The fraction of sp³-hybridized carbons (Fsp3) is 0.486. The van der Waals surface area contributed by atoms with Gasteiger partial charge >= 0.3 is 6.01 Å². The van der Waals surface area contributed by atoms with E-state index in [2.05, 4.69) is 91.6 Å². The number of nitriles is 1. The molecule has 0 aliphatic carbocycles. The molecule has 0 saturated carbocycles. The minimum Gasteiger partial charge on any atom is -0.462 e. The largest absolute Gasteiger partial charge is 0.462 e. The average molecular weight is 612 g/mol. The molecule has 0 bridgehead atoms. The minimum absolute atomic E-state index is 0.0875. The fourth-order valence-corrected chi connectivity index (χ4v) is 7.46. The molecule has 1 aromatic heterocycles. The Bertz CT molecular complexity index is 1660. The van der Waals surface area contributed by atoms with Crippen LogP contribution in [0.15, 0.2) is 48.8 Å². The van der Waals surface area contributed by atoms with Gasteiger partial charge in [-0.15, -0.1) is 0 Å². The summed E-state index contributed by atoms with van der Waals surface area (Å²) in [4.78, 5) is 30.8. The number of aryl methyl sites for hydroxylation is 1. The molecule has 0 N–H and O–H groups in total. The van der Waals surface area contributed by atoms with Gasteiger partial charge in [0.15, 0.2) is 5.83 Å². The lowest BCUT2D eigenvalue weighted by Gasteiger charge is -2.42. The zero-order valence-electron chi connectivity index (χ0n) is 26.7. The molecule has 1 amide bonds. The maximum atomic E-state index is 13.9. The molecule has 0 radical (unpaired) electrons. The van der Waals surface area contributed by atoms with Crippen LogP contribution in [0.2, 0.25) is 0 Å². The van der Waals surface area contributed by atoms with Gasteiger partial charge in [0.25, 0.3) is 5.91 Å². The van der Waals surface area contributed by atoms with E-state index >= 15 is 0 Å². The number of piperazine rings is 1. The summed E-state index contributed by atoms with van der Waals surface area (Å²) in [6.45, 7) is 13.9. The number of fused-ring (bicyclic) bond motifs is 2. The Balaban J connectivity index is 1.34. The van der Waals surface area contributed by atoms with Gasteiger partial charge < -0.3 is 19.4 Å². The van der Waals surface area contributed by atoms with Gasteiger partial charge in [0.2, 0.25) is 0 Å². The number of carbonyl (C=O) groups excluding carboxylic acids is 1. The molecule has 9 nitrogen and oxygen atoms in total. The van der Waals surface area contributed by atoms with E-state index in [4.69, 9.17) is 14.7 Å². The van der Waals surface area contributed by atoms with Gasteiger partial charge in [-0.3, -0.25) is 9.69 Å². The smallest absolute Gasteiger partial charge is 0.318 e. The van der Waals surface area contributed by atoms with Crippen molar-refractivity contribution < 1.29 is 13.9 Å². The molecular formula is C35H42FN7O2. The molecule has 0 unspecified atom stereocenters. The van der Waals surface area contributed by atoms with E-state index < -0.39 is 17.8 Å². The Morgan fingerprint density at radius 3 is 2.62 bits per heavy atom. The maximum absolute atomic E-state index is 13.9. The highest BCUT2D eigenvalue weighted by atomic mass is 19.1. The molecule has 2 saturated heterocycles. The van der Waals surface area contributed by atoms with Gasteiger partial charge in [-0.1, -0.05) is 50.8 Å². The van der Waals surface area contributed by atoms with Crippen molar-refractivity contribution in [3.8, 4) is 12.1 Å². The molecule has 3 aliphatic rings. The molecule has 2 atom stereocenters. The lowest BCUT2D eigenvalue weighted by Crippen LogP contribution is -2.55. The van der Waals surface area contributed by atoms with Crippen LogP contribution >= 0.6 is 0 Å². The molecular weight excluding hydrogens is 569 g/mol. The molecule has 236 valence electrons. The summed E-state index contributed by atoms with van der Waals surface area (Å²) in [6, 6.07) is 15.1. The van der Waals surface area contributed by atoms with Gasteiger partial charge in [0.1, 0.15) is 12.4 Å². The Morgan fingerprint density at radius 1 is 1.13 bits per heavy atom. The predicted molar refractivity (Wildman–Crippen MR) is 174 cm³/mol. The van der Waals surface area contributed by atoms with Crippen LogP contribution in [0, 0.1) is 23.7 Å². The van der Waals surface area contributed by atoms with Crippen LogP contribution in [-0.2, 0) is 17.8 Å². The summed E-state index contributed by atoms with van der Waals surface area (Å²) >= 11 is 0. The van der Waals surface area contributed by atoms with E-state index in [0.717, 1.165) is 43.0 Å². The van der Waals surface area contributed by atoms with Crippen molar-refractivity contribution in [3.05, 3.63) is 65.6 Å². The third kappa shape index (κ3) is 6.19. The van der Waals surface area contributed by atoms with Crippen LogP contribution < -0.4 is 14.5 Å². The van der Waals surface area contributed by atoms with Gasteiger partial charge in [-0.05, 0) is 49.2 Å². The summed E-state index contributed by atoms with van der Waals surface area (Å²) in [5, 5.41) is 12.0. The van der Waals surface area contributed by atoms with Crippen LogP contribution in [0.4, 0.5) is 15.9 Å². The Kier molecular flexibility index (Phi) is 8.40. The van der Waals surface area contributed by atoms with Gasteiger partial charge in [0.05, 0.1) is 30.8 Å². The van der Waals surface area contributed by atoms with Crippen molar-refractivity contribution in [1.29, 1.82) is 5.26 Å². The number of hydrogen-bond acceptors (Lipinski definition) is 8. The van der Waals surface area contributed by atoms with E-state index in [1.807, 2.05) is 0 Å². The molecule has 3 aliphatic heterocycles. The van der Waals surface area contributed by atoms with Crippen molar-refractivity contribution in [3.63, 3.8) is 0 Å². The molecule has 2 fully saturated rings. The quantitative estimate of drug-likeness (QED) is 0.344. The third-order valence-electron chi connectivity index (χ3n) is 9.55. The number of nitrogens with zero attached hydrogens (tertiary/aromatic N) is 7. The molecule has 3 aromatic rings. The monoisotopic (exact) mass is 611 g/mol. The maximum Gasteiger partial charge on any atom is 0.318 e. The molecule has 0 spiro atoms. The number of carbonyl (C=O) groups is 1. The van der Waals surface area contributed by atoms with Crippen molar-refractivity contribution >= 4 is 28.2 Å². The summed E-state index contributed by atoms with van der Waals surface area (Å²) in [6.07, 6.45) is 1.85. The zero-order valence-corrected chi connectivity index (χ0v) is 26.7. The van der Waals surface area contributed by atoms with E-state index in [9.17, 15) is 14.4 Å². The summed E-state index contributed by atoms with van der Waals surface area (Å²) in [7, 11) is 2.13. The number of anilines is 2. The molecule has 10 heteroatoms. The van der Waals surface area contributed by atoms with Gasteiger partial charge in [-0.25, -0.2) is 4.39 Å². The molecule has 45 heavy (non-hydrogen) atoms. The van der Waals surface area contributed by atoms with Gasteiger partial charge in [0, 0.05) is 55.4 Å². The average Bonchev–Trinajstić information content (AvgIpc) is 3.29. The Morgan fingerprint density at radius 2 is 1.91 bits per heavy atom. The highest BCUT2D eigenvalue weighted by Gasteiger charge is 2.37. The molecule has 4 heterocycles. The number of rotatable bonds is 7.